The summed E-state index contributed by atoms with van der Waals surface area (Å²) in [5.41, 5.74) is 4.23. The Kier molecular flexibility index (Phi) is 5.14. The second-order valence-electron chi connectivity index (χ2n) is 10.6. The van der Waals surface area contributed by atoms with E-state index in [0.717, 1.165) is 23.2 Å². The van der Waals surface area contributed by atoms with Crippen LogP contribution in [0.25, 0.3) is 0 Å². The van der Waals surface area contributed by atoms with E-state index in [4.69, 9.17) is 4.74 Å². The summed E-state index contributed by atoms with van der Waals surface area (Å²) in [6, 6.07) is 10.8. The molecule has 2 bridgehead atoms. The Morgan fingerprint density at radius 1 is 0.861 bits per heavy atom. The Balaban J connectivity index is 1.15. The van der Waals surface area contributed by atoms with Gasteiger partial charge in [-0.25, -0.2) is 4.90 Å². The van der Waals surface area contributed by atoms with Crippen LogP contribution in [0.4, 0.5) is 11.4 Å². The summed E-state index contributed by atoms with van der Waals surface area (Å²) in [5.74, 6) is -1.29. The zero-order valence-electron chi connectivity index (χ0n) is 20.6. The SMILES string of the molecule is Cc1ccc(N2C[C@@H](C(=O)Oc3ccc(N4C(=O)[C@@H]5[C@H](C4=O)[C@H]4C=C[C@H]5C4)c(C)c3)CC2=O)cc1C. The minimum atomic E-state index is -0.567. The van der Waals surface area contributed by atoms with Crippen LogP contribution in [0.2, 0.25) is 0 Å². The molecule has 36 heavy (non-hydrogen) atoms. The highest BCUT2D eigenvalue weighted by Crippen LogP contribution is 2.53. The fraction of sp³-hybridized carbons (Fsp3) is 0.379. The van der Waals surface area contributed by atoms with Gasteiger partial charge in [-0.2, -0.15) is 0 Å². The normalized spacial score (nSPS) is 28.4. The standard InChI is InChI=1S/C29H28N2O5/c1-15-4-7-21(10-16(15)2)30-14-20(13-24(30)32)29(35)36-22-8-9-23(17(3)11-22)31-27(33)25-18-5-6-19(12-18)26(25)28(31)34/h4-11,18-20,25-26H,12-14H2,1-3H3/t18-,19-,20-,25-,26+/m0/s1. The van der Waals surface area contributed by atoms with Crippen LogP contribution in [-0.2, 0) is 19.2 Å². The molecule has 2 aliphatic carbocycles. The van der Waals surface area contributed by atoms with Crippen molar-refractivity contribution in [3.63, 3.8) is 0 Å². The van der Waals surface area contributed by atoms with Crippen molar-refractivity contribution in [2.24, 2.45) is 29.6 Å². The molecule has 0 spiro atoms. The molecule has 2 aromatic carbocycles. The van der Waals surface area contributed by atoms with Gasteiger partial charge in [-0.05, 0) is 86.1 Å². The van der Waals surface area contributed by atoms with E-state index in [9.17, 15) is 19.2 Å². The number of aryl methyl sites for hydroxylation is 3. The average Bonchev–Trinajstić information content (AvgIpc) is 3.60. The fourth-order valence-electron chi connectivity index (χ4n) is 6.29. The lowest BCUT2D eigenvalue weighted by Gasteiger charge is -2.20. The Hall–Kier alpha value is -3.74. The first kappa shape index (κ1) is 22.7. The quantitative estimate of drug-likeness (QED) is 0.285. The van der Waals surface area contributed by atoms with Crippen LogP contribution in [0, 0.1) is 50.4 Å². The van der Waals surface area contributed by atoms with E-state index in [-0.39, 0.29) is 54.4 Å². The fourth-order valence-corrected chi connectivity index (χ4v) is 6.29. The molecule has 0 aromatic heterocycles. The molecule has 0 N–H and O–H groups in total. The molecule has 2 heterocycles. The number of anilines is 2. The predicted octanol–water partition coefficient (Wildman–Crippen LogP) is 3.88. The van der Waals surface area contributed by atoms with Crippen LogP contribution in [0.3, 0.4) is 0 Å². The average molecular weight is 485 g/mol. The van der Waals surface area contributed by atoms with E-state index in [0.29, 0.717) is 17.0 Å². The van der Waals surface area contributed by atoms with Gasteiger partial charge in [0.05, 0.1) is 23.4 Å². The molecule has 0 unspecified atom stereocenters. The molecule has 6 rings (SSSR count). The van der Waals surface area contributed by atoms with Gasteiger partial charge in [0.25, 0.3) is 0 Å². The Morgan fingerprint density at radius 3 is 2.19 bits per heavy atom. The van der Waals surface area contributed by atoms with E-state index in [2.05, 4.69) is 12.2 Å². The maximum absolute atomic E-state index is 13.1. The molecule has 2 saturated heterocycles. The number of fused-ring (bicyclic) bond motifs is 5. The summed E-state index contributed by atoms with van der Waals surface area (Å²) in [6.07, 6.45) is 5.13. The van der Waals surface area contributed by atoms with Crippen molar-refractivity contribution in [3.8, 4) is 5.75 Å². The molecule has 5 atom stereocenters. The van der Waals surface area contributed by atoms with E-state index in [1.807, 2.05) is 32.0 Å². The van der Waals surface area contributed by atoms with Crippen LogP contribution < -0.4 is 14.5 Å². The Morgan fingerprint density at radius 2 is 1.56 bits per heavy atom. The molecule has 3 amide bonds. The molecule has 7 nitrogen and oxygen atoms in total. The van der Waals surface area contributed by atoms with E-state index < -0.39 is 11.9 Å². The van der Waals surface area contributed by atoms with Crippen molar-refractivity contribution in [1.29, 1.82) is 0 Å². The molecular weight excluding hydrogens is 456 g/mol. The van der Waals surface area contributed by atoms with Crippen LogP contribution in [0.15, 0.2) is 48.6 Å². The highest BCUT2D eigenvalue weighted by Gasteiger charge is 2.59. The maximum atomic E-state index is 13.1. The molecule has 7 heteroatoms. The third kappa shape index (κ3) is 3.40. The molecule has 3 fully saturated rings. The van der Waals surface area contributed by atoms with E-state index >= 15 is 0 Å². The van der Waals surface area contributed by atoms with Gasteiger partial charge in [0, 0.05) is 18.7 Å². The number of ether oxygens (including phenoxy) is 1. The number of carbonyl (C=O) groups is 4. The molecule has 2 aromatic rings. The highest BCUT2D eigenvalue weighted by molar-refractivity contribution is 6.23. The Bertz CT molecular complexity index is 1330. The largest absolute Gasteiger partial charge is 0.426 e. The van der Waals surface area contributed by atoms with Gasteiger partial charge in [0.2, 0.25) is 17.7 Å². The van der Waals surface area contributed by atoms with Gasteiger partial charge in [-0.3, -0.25) is 19.2 Å². The van der Waals surface area contributed by atoms with Crippen molar-refractivity contribution in [2.75, 3.05) is 16.3 Å². The summed E-state index contributed by atoms with van der Waals surface area (Å²) in [5, 5.41) is 0. The lowest BCUT2D eigenvalue weighted by molar-refractivity contribution is -0.139. The van der Waals surface area contributed by atoms with Gasteiger partial charge in [-0.1, -0.05) is 18.2 Å². The number of carbonyl (C=O) groups excluding carboxylic acids is 4. The topological polar surface area (TPSA) is 84.0 Å². The van der Waals surface area contributed by atoms with Gasteiger partial charge >= 0.3 is 5.97 Å². The number of hydrogen-bond acceptors (Lipinski definition) is 5. The van der Waals surface area contributed by atoms with Crippen molar-refractivity contribution in [1.82, 2.24) is 0 Å². The third-order valence-electron chi connectivity index (χ3n) is 8.36. The number of imide groups is 1. The smallest absolute Gasteiger partial charge is 0.316 e. The minimum absolute atomic E-state index is 0.0960. The van der Waals surface area contributed by atoms with Crippen molar-refractivity contribution in [2.45, 2.75) is 33.6 Å². The monoisotopic (exact) mass is 484 g/mol. The van der Waals surface area contributed by atoms with Crippen LogP contribution >= 0.6 is 0 Å². The van der Waals surface area contributed by atoms with Crippen LogP contribution in [0.1, 0.15) is 29.5 Å². The summed E-state index contributed by atoms with van der Waals surface area (Å²) < 4.78 is 5.63. The van der Waals surface area contributed by atoms with Crippen molar-refractivity contribution in [3.05, 3.63) is 65.2 Å². The number of benzene rings is 2. The summed E-state index contributed by atoms with van der Waals surface area (Å²) >= 11 is 0. The first-order chi connectivity index (χ1) is 17.2. The van der Waals surface area contributed by atoms with E-state index in [1.54, 1.807) is 30.0 Å². The van der Waals surface area contributed by atoms with Gasteiger partial charge < -0.3 is 9.64 Å². The molecule has 1 saturated carbocycles. The second kappa shape index (κ2) is 8.15. The summed E-state index contributed by atoms with van der Waals surface area (Å²) in [4.78, 5) is 54.8. The number of allylic oxidation sites excluding steroid dienone is 2. The number of rotatable bonds is 4. The lowest BCUT2D eigenvalue weighted by atomic mass is 9.85. The van der Waals surface area contributed by atoms with Crippen molar-refractivity contribution < 1.29 is 23.9 Å². The second-order valence-corrected chi connectivity index (χ2v) is 10.6. The highest BCUT2D eigenvalue weighted by atomic mass is 16.5. The lowest BCUT2D eigenvalue weighted by Crippen LogP contribution is -2.33. The number of nitrogens with zero attached hydrogens (tertiary/aromatic N) is 2. The molecule has 4 aliphatic rings. The number of amides is 3. The molecular formula is C29H28N2O5. The van der Waals surface area contributed by atoms with Crippen LogP contribution in [-0.4, -0.2) is 30.2 Å². The Labute approximate surface area is 209 Å². The molecule has 2 aliphatic heterocycles. The number of hydrogen-bond donors (Lipinski definition) is 0. The zero-order valence-corrected chi connectivity index (χ0v) is 20.6. The minimum Gasteiger partial charge on any atom is -0.426 e. The summed E-state index contributed by atoms with van der Waals surface area (Å²) in [6.45, 7) is 6.08. The number of esters is 1. The summed E-state index contributed by atoms with van der Waals surface area (Å²) in [7, 11) is 0. The van der Waals surface area contributed by atoms with Gasteiger partial charge in [-0.15, -0.1) is 0 Å². The predicted molar refractivity (Wildman–Crippen MR) is 133 cm³/mol. The molecule has 184 valence electrons. The van der Waals surface area contributed by atoms with E-state index in [1.165, 1.54) is 4.90 Å². The maximum Gasteiger partial charge on any atom is 0.316 e. The van der Waals surface area contributed by atoms with Gasteiger partial charge in [0.1, 0.15) is 5.75 Å². The zero-order chi connectivity index (χ0) is 25.3. The van der Waals surface area contributed by atoms with Gasteiger partial charge in [0.15, 0.2) is 0 Å². The van der Waals surface area contributed by atoms with Crippen molar-refractivity contribution >= 4 is 35.1 Å². The molecule has 0 radical (unpaired) electrons. The first-order valence-corrected chi connectivity index (χ1v) is 12.5. The van der Waals surface area contributed by atoms with Crippen LogP contribution in [0.5, 0.6) is 5.75 Å². The third-order valence-corrected chi connectivity index (χ3v) is 8.36. The first-order valence-electron chi connectivity index (χ1n) is 12.5.